The first kappa shape index (κ1) is 16.0. The summed E-state index contributed by atoms with van der Waals surface area (Å²) in [5, 5.41) is 11.8. The summed E-state index contributed by atoms with van der Waals surface area (Å²) in [5.74, 6) is -0.987. The van der Waals surface area contributed by atoms with Crippen LogP contribution in [-0.4, -0.2) is 78.9 Å². The van der Waals surface area contributed by atoms with Gasteiger partial charge in [0.05, 0.1) is 0 Å². The standard InChI is InChI=1S/C14H25N3O4/c1-21-9-3-5-12(13(18)19)15-14(20)17-8-7-16-6-2-4-11(16)10-17/h11-12H,2-10H2,1H3,(H,15,20)(H,18,19). The zero-order valence-corrected chi connectivity index (χ0v) is 12.6. The van der Waals surface area contributed by atoms with Gasteiger partial charge in [-0.05, 0) is 32.2 Å². The molecule has 2 rings (SSSR count). The molecule has 2 aliphatic rings. The van der Waals surface area contributed by atoms with Crippen molar-refractivity contribution in [3.63, 3.8) is 0 Å². The Hall–Kier alpha value is -1.34. The topological polar surface area (TPSA) is 82.1 Å². The highest BCUT2D eigenvalue weighted by atomic mass is 16.5. The summed E-state index contributed by atoms with van der Waals surface area (Å²) in [6.45, 7) is 3.89. The largest absolute Gasteiger partial charge is 0.480 e. The number of hydrogen-bond acceptors (Lipinski definition) is 4. The van der Waals surface area contributed by atoms with Crippen molar-refractivity contribution in [3.05, 3.63) is 0 Å². The number of urea groups is 1. The average Bonchev–Trinajstić information content (AvgIpc) is 2.93. The molecule has 2 atom stereocenters. The van der Waals surface area contributed by atoms with Gasteiger partial charge in [-0.25, -0.2) is 9.59 Å². The normalized spacial score (nSPS) is 23.7. The number of methoxy groups -OCH3 is 1. The minimum Gasteiger partial charge on any atom is -0.480 e. The van der Waals surface area contributed by atoms with E-state index in [-0.39, 0.29) is 6.03 Å². The molecule has 2 amide bonds. The fourth-order valence-corrected chi connectivity index (χ4v) is 3.11. The molecule has 0 spiro atoms. The van der Waals surface area contributed by atoms with E-state index in [0.29, 0.717) is 38.6 Å². The second-order valence-electron chi connectivity index (χ2n) is 5.75. The van der Waals surface area contributed by atoms with Gasteiger partial charge in [0.2, 0.25) is 0 Å². The van der Waals surface area contributed by atoms with E-state index in [1.165, 1.54) is 6.42 Å². The lowest BCUT2D eigenvalue weighted by molar-refractivity contribution is -0.139. The average molecular weight is 299 g/mol. The molecule has 120 valence electrons. The predicted octanol–water partition coefficient (Wildman–Crippen LogP) is 0.356. The maximum Gasteiger partial charge on any atom is 0.326 e. The van der Waals surface area contributed by atoms with Crippen LogP contribution in [0.1, 0.15) is 25.7 Å². The van der Waals surface area contributed by atoms with Crippen LogP contribution in [0.15, 0.2) is 0 Å². The van der Waals surface area contributed by atoms with Crippen LogP contribution in [0.4, 0.5) is 4.79 Å². The first-order valence-corrected chi connectivity index (χ1v) is 7.63. The number of amides is 2. The first-order chi connectivity index (χ1) is 10.1. The van der Waals surface area contributed by atoms with E-state index in [9.17, 15) is 14.7 Å². The van der Waals surface area contributed by atoms with E-state index in [1.54, 1.807) is 12.0 Å². The van der Waals surface area contributed by atoms with Gasteiger partial charge in [-0.2, -0.15) is 0 Å². The lowest BCUT2D eigenvalue weighted by Crippen LogP contribution is -2.56. The SMILES string of the molecule is COCCCC(NC(=O)N1CCN2CCCC2C1)C(=O)O. The summed E-state index contributed by atoms with van der Waals surface area (Å²) < 4.78 is 4.92. The number of nitrogens with zero attached hydrogens (tertiary/aromatic N) is 2. The van der Waals surface area contributed by atoms with Crippen molar-refractivity contribution in [1.29, 1.82) is 0 Å². The van der Waals surface area contributed by atoms with Gasteiger partial charge in [-0.1, -0.05) is 0 Å². The number of aliphatic carboxylic acids is 1. The highest BCUT2D eigenvalue weighted by Gasteiger charge is 2.33. The molecule has 2 N–H and O–H groups in total. The van der Waals surface area contributed by atoms with Crippen molar-refractivity contribution in [2.24, 2.45) is 0 Å². The second-order valence-corrected chi connectivity index (χ2v) is 5.75. The van der Waals surface area contributed by atoms with E-state index in [2.05, 4.69) is 10.2 Å². The minimum atomic E-state index is -0.987. The van der Waals surface area contributed by atoms with Crippen LogP contribution in [-0.2, 0) is 9.53 Å². The Morgan fingerprint density at radius 1 is 1.38 bits per heavy atom. The van der Waals surface area contributed by atoms with Crippen LogP contribution in [0.2, 0.25) is 0 Å². The molecule has 0 aromatic rings. The molecule has 2 unspecified atom stereocenters. The summed E-state index contributed by atoms with van der Waals surface area (Å²) in [6, 6.07) is -0.651. The van der Waals surface area contributed by atoms with Gasteiger partial charge < -0.3 is 20.1 Å². The quantitative estimate of drug-likeness (QED) is 0.692. The number of hydrogen-bond donors (Lipinski definition) is 2. The molecule has 2 saturated heterocycles. The maximum absolute atomic E-state index is 12.2. The highest BCUT2D eigenvalue weighted by Crippen LogP contribution is 2.21. The minimum absolute atomic E-state index is 0.258. The molecule has 2 heterocycles. The summed E-state index contributed by atoms with van der Waals surface area (Å²) in [7, 11) is 1.58. The van der Waals surface area contributed by atoms with E-state index in [4.69, 9.17) is 4.74 Å². The summed E-state index contributed by atoms with van der Waals surface area (Å²) in [5.41, 5.74) is 0. The molecule has 21 heavy (non-hydrogen) atoms. The zero-order valence-electron chi connectivity index (χ0n) is 12.6. The smallest absolute Gasteiger partial charge is 0.326 e. The number of rotatable bonds is 6. The van der Waals surface area contributed by atoms with Crippen LogP contribution in [0.5, 0.6) is 0 Å². The van der Waals surface area contributed by atoms with Crippen LogP contribution in [0, 0.1) is 0 Å². The molecule has 7 heteroatoms. The third kappa shape index (κ3) is 4.31. The molecule has 0 aromatic carbocycles. The molecule has 0 aromatic heterocycles. The Morgan fingerprint density at radius 3 is 2.90 bits per heavy atom. The number of ether oxygens (including phenoxy) is 1. The van der Waals surface area contributed by atoms with Gasteiger partial charge in [-0.15, -0.1) is 0 Å². The monoisotopic (exact) mass is 299 g/mol. The third-order valence-corrected chi connectivity index (χ3v) is 4.31. The highest BCUT2D eigenvalue weighted by molar-refractivity contribution is 5.82. The molecule has 0 bridgehead atoms. The van der Waals surface area contributed by atoms with Crippen molar-refractivity contribution < 1.29 is 19.4 Å². The van der Waals surface area contributed by atoms with Gasteiger partial charge in [0.1, 0.15) is 6.04 Å². The Morgan fingerprint density at radius 2 is 2.19 bits per heavy atom. The van der Waals surface area contributed by atoms with Gasteiger partial charge >= 0.3 is 12.0 Å². The van der Waals surface area contributed by atoms with E-state index in [0.717, 1.165) is 19.5 Å². The number of nitrogens with one attached hydrogen (secondary N) is 1. The molecule has 0 saturated carbocycles. The Bertz CT molecular complexity index is 377. The molecule has 2 aliphatic heterocycles. The number of carboxylic acid groups (broad SMARTS) is 1. The lowest BCUT2D eigenvalue weighted by Gasteiger charge is -2.37. The Labute approximate surface area is 125 Å². The number of carbonyl (C=O) groups excluding carboxylic acids is 1. The van der Waals surface area contributed by atoms with E-state index in [1.807, 2.05) is 0 Å². The number of carboxylic acids is 1. The van der Waals surface area contributed by atoms with Crippen LogP contribution < -0.4 is 5.32 Å². The molecular weight excluding hydrogens is 274 g/mol. The summed E-state index contributed by atoms with van der Waals surface area (Å²) in [6.07, 6.45) is 3.32. The van der Waals surface area contributed by atoms with Gasteiger partial charge in [0.15, 0.2) is 0 Å². The fourth-order valence-electron chi connectivity index (χ4n) is 3.11. The number of piperazine rings is 1. The van der Waals surface area contributed by atoms with Crippen molar-refractivity contribution in [2.45, 2.75) is 37.8 Å². The molecule has 7 nitrogen and oxygen atoms in total. The lowest BCUT2D eigenvalue weighted by atomic mass is 10.1. The van der Waals surface area contributed by atoms with Crippen LogP contribution in [0.25, 0.3) is 0 Å². The van der Waals surface area contributed by atoms with Crippen molar-refractivity contribution in [1.82, 2.24) is 15.1 Å². The van der Waals surface area contributed by atoms with Crippen LogP contribution in [0.3, 0.4) is 0 Å². The van der Waals surface area contributed by atoms with Gasteiger partial charge in [0, 0.05) is 39.4 Å². The summed E-state index contributed by atoms with van der Waals surface area (Å²) in [4.78, 5) is 27.6. The third-order valence-electron chi connectivity index (χ3n) is 4.31. The molecule has 0 radical (unpaired) electrons. The molecular formula is C14H25N3O4. The molecule has 2 fully saturated rings. The van der Waals surface area contributed by atoms with E-state index >= 15 is 0 Å². The predicted molar refractivity (Wildman–Crippen MR) is 77.2 cm³/mol. The Kier molecular flexibility index (Phi) is 5.81. The van der Waals surface area contributed by atoms with Crippen molar-refractivity contribution in [2.75, 3.05) is 39.9 Å². The summed E-state index contributed by atoms with van der Waals surface area (Å²) >= 11 is 0. The van der Waals surface area contributed by atoms with Gasteiger partial charge in [0.25, 0.3) is 0 Å². The van der Waals surface area contributed by atoms with Gasteiger partial charge in [-0.3, -0.25) is 4.90 Å². The maximum atomic E-state index is 12.2. The first-order valence-electron chi connectivity index (χ1n) is 7.63. The Balaban J connectivity index is 1.82. The second kappa shape index (κ2) is 7.61. The van der Waals surface area contributed by atoms with Crippen molar-refractivity contribution in [3.8, 4) is 0 Å². The van der Waals surface area contributed by atoms with Crippen LogP contribution >= 0.6 is 0 Å². The number of carbonyl (C=O) groups is 2. The number of fused-ring (bicyclic) bond motifs is 1. The fraction of sp³-hybridized carbons (Fsp3) is 0.857. The zero-order chi connectivity index (χ0) is 15.2. The van der Waals surface area contributed by atoms with E-state index < -0.39 is 12.0 Å². The molecule has 0 aliphatic carbocycles. The van der Waals surface area contributed by atoms with Crippen molar-refractivity contribution >= 4 is 12.0 Å².